The van der Waals surface area contributed by atoms with E-state index in [-0.39, 0.29) is 18.1 Å². The highest BCUT2D eigenvalue weighted by Crippen LogP contribution is 2.09. The fraction of sp³-hybridized carbons (Fsp3) is 0.500. The van der Waals surface area contributed by atoms with Gasteiger partial charge in [-0.3, -0.25) is 13.8 Å². The zero-order chi connectivity index (χ0) is 17.4. The number of nitrogens with one attached hydrogen (secondary N) is 1. The van der Waals surface area contributed by atoms with Gasteiger partial charge in [0, 0.05) is 10.6 Å². The van der Waals surface area contributed by atoms with Gasteiger partial charge in [0.1, 0.15) is 12.1 Å². The molecule has 0 radical (unpaired) electrons. The molecule has 0 saturated heterocycles. The summed E-state index contributed by atoms with van der Waals surface area (Å²) < 4.78 is 12.1. The van der Waals surface area contributed by atoms with Gasteiger partial charge >= 0.3 is 0 Å². The minimum absolute atomic E-state index is 0.147. The number of hydrogen-bond acceptors (Lipinski definition) is 4. The normalized spacial score (nSPS) is 15.0. The monoisotopic (exact) mass is 340 g/mol. The Labute approximate surface area is 138 Å². The molecule has 2 amide bonds. The van der Waals surface area contributed by atoms with E-state index in [0.29, 0.717) is 11.3 Å². The van der Waals surface area contributed by atoms with E-state index in [4.69, 9.17) is 5.73 Å². The highest BCUT2D eigenvalue weighted by molar-refractivity contribution is 7.85. The SMILES string of the molecule is CC(C)C[C@H](O)C(=O)N[C@H](CC[S@@](=O)c1ccccc1)C(N)=O. The number of carbonyl (C=O) groups excluding carboxylic acids is 2. The Balaban J connectivity index is 2.57. The van der Waals surface area contributed by atoms with Crippen molar-refractivity contribution in [1.29, 1.82) is 0 Å². The van der Waals surface area contributed by atoms with Crippen molar-refractivity contribution in [3.8, 4) is 0 Å². The molecule has 1 aromatic carbocycles. The molecule has 0 aliphatic rings. The second kappa shape index (κ2) is 9.42. The Morgan fingerprint density at radius 2 is 1.87 bits per heavy atom. The molecule has 7 heteroatoms. The molecule has 0 bridgehead atoms. The zero-order valence-corrected chi connectivity index (χ0v) is 14.2. The molecule has 4 N–H and O–H groups in total. The van der Waals surface area contributed by atoms with Crippen molar-refractivity contribution in [2.75, 3.05) is 5.75 Å². The molecule has 0 spiro atoms. The first-order valence-corrected chi connectivity index (χ1v) is 8.84. The molecule has 0 unspecified atom stereocenters. The Bertz CT molecular complexity index is 548. The first-order valence-electron chi connectivity index (χ1n) is 7.52. The van der Waals surface area contributed by atoms with E-state index < -0.39 is 34.8 Å². The average molecular weight is 340 g/mol. The van der Waals surface area contributed by atoms with Gasteiger partial charge in [-0.05, 0) is 30.9 Å². The van der Waals surface area contributed by atoms with Crippen molar-refractivity contribution in [3.63, 3.8) is 0 Å². The molecule has 128 valence electrons. The first-order chi connectivity index (χ1) is 10.8. The molecule has 0 aromatic heterocycles. The van der Waals surface area contributed by atoms with Crippen LogP contribution in [0.1, 0.15) is 26.7 Å². The fourth-order valence-electron chi connectivity index (χ4n) is 2.02. The highest BCUT2D eigenvalue weighted by atomic mass is 32.2. The van der Waals surface area contributed by atoms with Crippen molar-refractivity contribution in [2.24, 2.45) is 11.7 Å². The van der Waals surface area contributed by atoms with Crippen LogP contribution in [0.3, 0.4) is 0 Å². The standard InChI is InChI=1S/C16H24N2O4S/c1-11(2)10-14(19)16(21)18-13(15(17)20)8-9-23(22)12-6-4-3-5-7-12/h3-7,11,13-14,19H,8-10H2,1-2H3,(H2,17,20)(H,18,21)/t13-,14+,23-/m1/s1. The van der Waals surface area contributed by atoms with Crippen LogP contribution >= 0.6 is 0 Å². The lowest BCUT2D eigenvalue weighted by atomic mass is 10.1. The lowest BCUT2D eigenvalue weighted by Gasteiger charge is -2.18. The summed E-state index contributed by atoms with van der Waals surface area (Å²) in [5, 5.41) is 12.2. The van der Waals surface area contributed by atoms with Crippen LogP contribution in [0, 0.1) is 5.92 Å². The lowest BCUT2D eigenvalue weighted by molar-refractivity contribution is -0.133. The van der Waals surface area contributed by atoms with Gasteiger partial charge in [0.15, 0.2) is 0 Å². The number of rotatable bonds is 9. The molecule has 3 atom stereocenters. The van der Waals surface area contributed by atoms with Crippen LogP contribution < -0.4 is 11.1 Å². The van der Waals surface area contributed by atoms with Gasteiger partial charge in [-0.25, -0.2) is 0 Å². The molecule has 0 heterocycles. The quantitative estimate of drug-likeness (QED) is 0.610. The van der Waals surface area contributed by atoms with Gasteiger partial charge in [-0.2, -0.15) is 0 Å². The number of primary amides is 1. The van der Waals surface area contributed by atoms with Crippen LogP contribution in [0.25, 0.3) is 0 Å². The summed E-state index contributed by atoms with van der Waals surface area (Å²) in [6, 6.07) is 7.91. The smallest absolute Gasteiger partial charge is 0.249 e. The van der Waals surface area contributed by atoms with E-state index in [1.54, 1.807) is 24.3 Å². The van der Waals surface area contributed by atoms with E-state index in [0.717, 1.165) is 0 Å². The van der Waals surface area contributed by atoms with Gasteiger partial charge in [0.2, 0.25) is 11.8 Å². The Morgan fingerprint density at radius 1 is 1.26 bits per heavy atom. The third-order valence-electron chi connectivity index (χ3n) is 3.26. The maximum atomic E-state index is 12.1. The van der Waals surface area contributed by atoms with Crippen LogP contribution in [-0.4, -0.2) is 39.0 Å². The third-order valence-corrected chi connectivity index (χ3v) is 4.66. The van der Waals surface area contributed by atoms with Crippen LogP contribution in [0.4, 0.5) is 0 Å². The minimum Gasteiger partial charge on any atom is -0.383 e. The average Bonchev–Trinajstić information content (AvgIpc) is 2.50. The minimum atomic E-state index is -1.28. The van der Waals surface area contributed by atoms with Crippen molar-refractivity contribution in [1.82, 2.24) is 5.32 Å². The van der Waals surface area contributed by atoms with Crippen molar-refractivity contribution >= 4 is 22.6 Å². The van der Waals surface area contributed by atoms with Crippen molar-refractivity contribution < 1.29 is 18.9 Å². The predicted molar refractivity (Wildman–Crippen MR) is 88.9 cm³/mol. The highest BCUT2D eigenvalue weighted by Gasteiger charge is 2.23. The summed E-state index contributed by atoms with van der Waals surface area (Å²) in [4.78, 5) is 24.0. The number of aliphatic hydroxyl groups is 1. The summed E-state index contributed by atoms with van der Waals surface area (Å²) in [7, 11) is -1.28. The fourth-order valence-corrected chi connectivity index (χ4v) is 3.17. The number of nitrogens with two attached hydrogens (primary N) is 1. The maximum absolute atomic E-state index is 12.1. The van der Waals surface area contributed by atoms with Crippen LogP contribution in [0.5, 0.6) is 0 Å². The molecular formula is C16H24N2O4S. The lowest BCUT2D eigenvalue weighted by Crippen LogP contribution is -2.48. The molecular weight excluding hydrogens is 316 g/mol. The molecule has 6 nitrogen and oxygen atoms in total. The van der Waals surface area contributed by atoms with Gasteiger partial charge in [0.05, 0.1) is 10.8 Å². The molecule has 0 aliphatic heterocycles. The van der Waals surface area contributed by atoms with Crippen LogP contribution in [0.2, 0.25) is 0 Å². The Kier molecular flexibility index (Phi) is 7.91. The van der Waals surface area contributed by atoms with Gasteiger partial charge in [-0.1, -0.05) is 32.0 Å². The summed E-state index contributed by atoms with van der Waals surface area (Å²) in [5.41, 5.74) is 5.28. The largest absolute Gasteiger partial charge is 0.383 e. The summed E-state index contributed by atoms with van der Waals surface area (Å²) >= 11 is 0. The molecule has 23 heavy (non-hydrogen) atoms. The van der Waals surface area contributed by atoms with Crippen LogP contribution in [0.15, 0.2) is 35.2 Å². The van der Waals surface area contributed by atoms with Gasteiger partial charge in [-0.15, -0.1) is 0 Å². The molecule has 0 aliphatic carbocycles. The maximum Gasteiger partial charge on any atom is 0.249 e. The van der Waals surface area contributed by atoms with Gasteiger partial charge < -0.3 is 16.2 Å². The predicted octanol–water partition coefficient (Wildman–Crippen LogP) is 0.561. The van der Waals surface area contributed by atoms with Crippen molar-refractivity contribution in [3.05, 3.63) is 30.3 Å². The number of aliphatic hydroxyl groups excluding tert-OH is 1. The molecule has 1 rings (SSSR count). The van der Waals surface area contributed by atoms with Gasteiger partial charge in [0.25, 0.3) is 0 Å². The number of amides is 2. The first kappa shape index (κ1) is 19.3. The number of benzene rings is 1. The molecule has 0 fully saturated rings. The van der Waals surface area contributed by atoms with E-state index in [9.17, 15) is 18.9 Å². The van der Waals surface area contributed by atoms with E-state index in [1.165, 1.54) is 0 Å². The summed E-state index contributed by atoms with van der Waals surface area (Å²) in [5.74, 6) is -1.00. The third kappa shape index (κ3) is 6.92. The Morgan fingerprint density at radius 3 is 2.39 bits per heavy atom. The topological polar surface area (TPSA) is 109 Å². The second-order valence-electron chi connectivity index (χ2n) is 5.76. The second-order valence-corrected chi connectivity index (χ2v) is 7.33. The van der Waals surface area contributed by atoms with E-state index in [1.807, 2.05) is 19.9 Å². The van der Waals surface area contributed by atoms with Crippen molar-refractivity contribution in [2.45, 2.75) is 43.7 Å². The number of carbonyl (C=O) groups is 2. The van der Waals surface area contributed by atoms with Crippen LogP contribution in [-0.2, 0) is 20.4 Å². The zero-order valence-electron chi connectivity index (χ0n) is 13.4. The molecule has 1 aromatic rings. The Hall–Kier alpha value is -1.73. The number of hydrogen-bond donors (Lipinski definition) is 3. The van der Waals surface area contributed by atoms with E-state index >= 15 is 0 Å². The summed E-state index contributed by atoms with van der Waals surface area (Å²) in [6.07, 6.45) is -0.735. The van der Waals surface area contributed by atoms with E-state index in [2.05, 4.69) is 5.32 Å². The molecule has 0 saturated carbocycles. The summed E-state index contributed by atoms with van der Waals surface area (Å²) in [6.45, 7) is 3.76.